The summed E-state index contributed by atoms with van der Waals surface area (Å²) in [5, 5.41) is 27.9. The molecule has 0 aromatic heterocycles. The van der Waals surface area contributed by atoms with E-state index in [9.17, 15) is 41.2 Å². The van der Waals surface area contributed by atoms with E-state index in [0.29, 0.717) is 6.07 Å². The second-order valence-electron chi connectivity index (χ2n) is 6.10. The van der Waals surface area contributed by atoms with Gasteiger partial charge in [-0.1, -0.05) is 0 Å². The Kier molecular flexibility index (Phi) is 7.25. The molecular weight excluding hydrogens is 479 g/mol. The number of nitrogens with zero attached hydrogens (tertiary/aromatic N) is 3. The fraction of sp³-hybridized carbons (Fsp3) is 0. The third kappa shape index (κ3) is 5.21. The zero-order chi connectivity index (χ0) is 23.1. The first-order chi connectivity index (χ1) is 14.3. The van der Waals surface area contributed by atoms with Gasteiger partial charge >= 0.3 is 0 Å². The molecule has 13 nitrogen and oxygen atoms in total. The maximum absolute atomic E-state index is 11.8. The van der Waals surface area contributed by atoms with Crippen molar-refractivity contribution in [2.45, 2.75) is 9.79 Å². The van der Waals surface area contributed by atoms with E-state index in [-0.39, 0.29) is 51.7 Å². The van der Waals surface area contributed by atoms with Crippen LogP contribution in [0.2, 0.25) is 0 Å². The number of aromatic hydroxyl groups is 1. The van der Waals surface area contributed by atoms with Crippen LogP contribution in [0.15, 0.2) is 62.5 Å². The largest absolute Gasteiger partial charge is 0.507 e. The molecule has 0 saturated carbocycles. The Labute approximate surface area is 202 Å². The van der Waals surface area contributed by atoms with E-state index in [4.69, 9.17) is 5.73 Å². The summed E-state index contributed by atoms with van der Waals surface area (Å²) >= 11 is 0. The van der Waals surface area contributed by atoms with Crippen LogP contribution in [-0.2, 0) is 20.2 Å². The fourth-order valence-electron chi connectivity index (χ4n) is 2.69. The van der Waals surface area contributed by atoms with Gasteiger partial charge < -0.3 is 10.8 Å². The Bertz CT molecular complexity index is 1470. The van der Waals surface area contributed by atoms with Gasteiger partial charge in [0.05, 0.1) is 21.2 Å². The normalized spacial score (nSPS) is 12.1. The molecule has 0 heterocycles. The molecule has 0 aliphatic rings. The Morgan fingerprint density at radius 2 is 1.53 bits per heavy atom. The molecule has 0 fully saturated rings. The average Bonchev–Trinajstić information content (AvgIpc) is 2.65. The van der Waals surface area contributed by atoms with Crippen molar-refractivity contribution in [1.82, 2.24) is 0 Å². The maximum Gasteiger partial charge on any atom is 0.296 e. The molecule has 0 amide bonds. The second kappa shape index (κ2) is 9.07. The summed E-state index contributed by atoms with van der Waals surface area (Å²) in [6.07, 6.45) is 0. The average molecular weight is 491 g/mol. The first-order valence-electron chi connectivity index (χ1n) is 7.99. The van der Waals surface area contributed by atoms with E-state index in [1.54, 1.807) is 0 Å². The van der Waals surface area contributed by atoms with Crippen LogP contribution >= 0.6 is 0 Å². The van der Waals surface area contributed by atoms with Gasteiger partial charge in [0.1, 0.15) is 16.3 Å². The van der Waals surface area contributed by atoms with E-state index in [2.05, 4.69) is 10.2 Å². The fourth-order valence-corrected chi connectivity index (χ4v) is 3.89. The van der Waals surface area contributed by atoms with Crippen molar-refractivity contribution in [3.63, 3.8) is 0 Å². The van der Waals surface area contributed by atoms with Gasteiger partial charge in [0.15, 0.2) is 0 Å². The summed E-state index contributed by atoms with van der Waals surface area (Å²) in [7, 11) is -9.69. The van der Waals surface area contributed by atoms with Gasteiger partial charge in [-0.2, -0.15) is 21.9 Å². The SMILES string of the molecule is Nc1c(N=Nc2ccc([N+](=O)[O-])cc2)c(S(=O)(=O)O)cc2cc(S(=O)(=O)O)cc(O)c12.[Na]. The third-order valence-electron chi connectivity index (χ3n) is 4.07. The van der Waals surface area contributed by atoms with Crippen molar-refractivity contribution in [2.75, 3.05) is 5.73 Å². The van der Waals surface area contributed by atoms with Gasteiger partial charge in [0.2, 0.25) is 0 Å². The van der Waals surface area contributed by atoms with Gasteiger partial charge in [0, 0.05) is 53.1 Å². The van der Waals surface area contributed by atoms with Crippen LogP contribution in [0.3, 0.4) is 0 Å². The van der Waals surface area contributed by atoms with Crippen LogP contribution < -0.4 is 5.73 Å². The number of non-ortho nitro benzene ring substituents is 1. The van der Waals surface area contributed by atoms with E-state index < -0.39 is 52.1 Å². The molecule has 0 unspecified atom stereocenters. The molecule has 32 heavy (non-hydrogen) atoms. The van der Waals surface area contributed by atoms with Crippen LogP contribution in [0, 0.1) is 10.1 Å². The monoisotopic (exact) mass is 491 g/mol. The molecule has 0 aliphatic heterocycles. The van der Waals surface area contributed by atoms with E-state index in [0.717, 1.165) is 24.3 Å². The van der Waals surface area contributed by atoms with Crippen molar-refractivity contribution in [1.29, 1.82) is 0 Å². The summed E-state index contributed by atoms with van der Waals surface area (Å²) in [5.41, 5.74) is 4.75. The molecule has 0 spiro atoms. The number of fused-ring (bicyclic) bond motifs is 1. The standard InChI is InChI=1S/C16H12N4O9S2.Na/c17-15-14-8(5-11(7-12(14)21)30(24,25)26)6-13(31(27,28)29)16(15)19-18-9-1-3-10(4-2-9)20(22)23;/h1-7,21H,17H2,(H,24,25,26)(H,27,28,29);. The number of hydrogen-bond donors (Lipinski definition) is 4. The van der Waals surface area contributed by atoms with Gasteiger partial charge in [-0.15, -0.1) is 5.11 Å². The predicted octanol–water partition coefficient (Wildman–Crippen LogP) is 2.56. The van der Waals surface area contributed by atoms with Crippen LogP contribution in [0.4, 0.5) is 22.7 Å². The van der Waals surface area contributed by atoms with E-state index >= 15 is 0 Å². The molecule has 163 valence electrons. The van der Waals surface area contributed by atoms with Crippen molar-refractivity contribution in [3.8, 4) is 5.75 Å². The van der Waals surface area contributed by atoms with Gasteiger partial charge in [-0.05, 0) is 29.7 Å². The quantitative estimate of drug-likeness (QED) is 0.102. The zero-order valence-corrected chi connectivity index (χ0v) is 19.7. The molecule has 0 aliphatic carbocycles. The summed E-state index contributed by atoms with van der Waals surface area (Å²) < 4.78 is 65.1. The van der Waals surface area contributed by atoms with Gasteiger partial charge in [-0.3, -0.25) is 19.2 Å². The minimum Gasteiger partial charge on any atom is -0.507 e. The second-order valence-corrected chi connectivity index (χ2v) is 8.91. The number of nitrogens with two attached hydrogens (primary N) is 1. The number of nitro benzene ring substituents is 1. The molecule has 1 radical (unpaired) electrons. The van der Waals surface area contributed by atoms with Crippen LogP contribution in [-0.4, -0.2) is 65.5 Å². The molecule has 3 aromatic rings. The molecule has 0 bridgehead atoms. The number of anilines is 1. The summed E-state index contributed by atoms with van der Waals surface area (Å²) in [4.78, 5) is 8.47. The van der Waals surface area contributed by atoms with Gasteiger partial charge in [-0.25, -0.2) is 0 Å². The van der Waals surface area contributed by atoms with Crippen molar-refractivity contribution in [3.05, 3.63) is 52.6 Å². The van der Waals surface area contributed by atoms with Crippen molar-refractivity contribution < 1.29 is 36.0 Å². The number of benzene rings is 3. The minimum absolute atomic E-state index is 0. The topological polar surface area (TPSA) is 223 Å². The van der Waals surface area contributed by atoms with Crippen molar-refractivity contribution in [2.24, 2.45) is 10.2 Å². The molecule has 0 saturated heterocycles. The van der Waals surface area contributed by atoms with E-state index in [1.165, 1.54) is 12.1 Å². The Morgan fingerprint density at radius 3 is 2.03 bits per heavy atom. The Morgan fingerprint density at radius 1 is 0.938 bits per heavy atom. The van der Waals surface area contributed by atoms with E-state index in [1.807, 2.05) is 0 Å². The molecule has 5 N–H and O–H groups in total. The smallest absolute Gasteiger partial charge is 0.296 e. The number of hydrogen-bond acceptors (Lipinski definition) is 10. The summed E-state index contributed by atoms with van der Waals surface area (Å²) in [6, 6.07) is 7.03. The molecule has 3 aromatic carbocycles. The zero-order valence-electron chi connectivity index (χ0n) is 16.1. The first kappa shape index (κ1) is 25.6. The predicted molar refractivity (Wildman–Crippen MR) is 113 cm³/mol. The Balaban J connectivity index is 0.00000363. The maximum atomic E-state index is 11.8. The van der Waals surface area contributed by atoms with Crippen LogP contribution in [0.25, 0.3) is 10.8 Å². The molecule has 16 heteroatoms. The van der Waals surface area contributed by atoms with Gasteiger partial charge in [0.25, 0.3) is 25.9 Å². The summed E-state index contributed by atoms with van der Waals surface area (Å²) in [6.45, 7) is 0. The number of rotatable bonds is 5. The number of phenols is 1. The Hall–Kier alpha value is -2.66. The number of nitro groups is 1. The number of phenolic OH excluding ortho intramolecular Hbond substituents is 1. The molecule has 0 atom stereocenters. The molecular formula is C16H12N4NaO9S2. The van der Waals surface area contributed by atoms with Crippen molar-refractivity contribution >= 4 is 83.3 Å². The minimum atomic E-state index is -4.95. The molecule has 3 rings (SSSR count). The third-order valence-corrected chi connectivity index (χ3v) is 5.77. The number of azo groups is 1. The summed E-state index contributed by atoms with van der Waals surface area (Å²) in [5.74, 6) is -0.712. The van der Waals surface area contributed by atoms with Crippen LogP contribution in [0.5, 0.6) is 5.75 Å². The van der Waals surface area contributed by atoms with Crippen LogP contribution in [0.1, 0.15) is 0 Å². The number of nitrogen functional groups attached to an aromatic ring is 1. The first-order valence-corrected chi connectivity index (χ1v) is 10.9.